The number of hydrogen-bond acceptors (Lipinski definition) is 4. The number of carbonyl (C=O) groups is 1. The maximum atomic E-state index is 12.3. The third-order valence-corrected chi connectivity index (χ3v) is 3.67. The molecule has 0 atom stereocenters. The maximum Gasteiger partial charge on any atom is 0.244 e. The van der Waals surface area contributed by atoms with Gasteiger partial charge < -0.3 is 19.4 Å². The number of nitrogens with zero attached hydrogens (tertiary/aromatic N) is 2. The second-order valence-corrected chi connectivity index (χ2v) is 5.27. The number of anilines is 1. The molecule has 1 aliphatic rings. The summed E-state index contributed by atoms with van der Waals surface area (Å²) in [6.45, 7) is 1.27. The number of fused-ring (bicyclic) bond motifs is 2. The molecule has 4 rings (SSSR count). The molecule has 3 aromatic rings. The number of nitrogens with one attached hydrogen (secondary N) is 1. The second kappa shape index (κ2) is 5.64. The van der Waals surface area contributed by atoms with Crippen LogP contribution in [-0.2, 0) is 11.3 Å². The quantitative estimate of drug-likeness (QED) is 0.807. The molecule has 0 bridgehead atoms. The van der Waals surface area contributed by atoms with Crippen LogP contribution in [0, 0.1) is 0 Å². The van der Waals surface area contributed by atoms with Crippen LogP contribution in [0.4, 0.5) is 5.69 Å². The van der Waals surface area contributed by atoms with Crippen molar-refractivity contribution in [2.45, 2.75) is 6.54 Å². The van der Waals surface area contributed by atoms with Crippen LogP contribution in [0.5, 0.6) is 11.5 Å². The number of amides is 1. The first-order chi connectivity index (χ1) is 11.3. The molecule has 0 fully saturated rings. The number of aromatic nitrogens is 2. The Bertz CT molecular complexity index is 872. The van der Waals surface area contributed by atoms with E-state index in [1.54, 1.807) is 24.5 Å². The third kappa shape index (κ3) is 2.70. The van der Waals surface area contributed by atoms with E-state index < -0.39 is 0 Å². The summed E-state index contributed by atoms with van der Waals surface area (Å²) in [7, 11) is 0. The summed E-state index contributed by atoms with van der Waals surface area (Å²) < 4.78 is 12.8. The number of benzene rings is 2. The first kappa shape index (κ1) is 13.6. The summed E-state index contributed by atoms with van der Waals surface area (Å²) in [5, 5.41) is 2.87. The van der Waals surface area contributed by atoms with Gasteiger partial charge in [0.25, 0.3) is 0 Å². The molecule has 0 saturated carbocycles. The largest absolute Gasteiger partial charge is 0.486 e. The van der Waals surface area contributed by atoms with Crippen molar-refractivity contribution in [3.05, 3.63) is 48.8 Å². The number of hydrogen-bond donors (Lipinski definition) is 1. The summed E-state index contributed by atoms with van der Waals surface area (Å²) in [6, 6.07) is 13.1. The lowest BCUT2D eigenvalue weighted by molar-refractivity contribution is -0.116. The maximum absolute atomic E-state index is 12.3. The highest BCUT2D eigenvalue weighted by Gasteiger charge is 2.13. The van der Waals surface area contributed by atoms with Crippen LogP contribution in [0.2, 0.25) is 0 Å². The second-order valence-electron chi connectivity index (χ2n) is 5.27. The lowest BCUT2D eigenvalue weighted by atomic mass is 10.2. The zero-order valence-corrected chi connectivity index (χ0v) is 12.4. The molecule has 23 heavy (non-hydrogen) atoms. The highest BCUT2D eigenvalue weighted by Crippen LogP contribution is 2.32. The highest BCUT2D eigenvalue weighted by atomic mass is 16.6. The third-order valence-electron chi connectivity index (χ3n) is 3.67. The van der Waals surface area contributed by atoms with Crippen molar-refractivity contribution in [1.82, 2.24) is 9.55 Å². The molecule has 2 heterocycles. The van der Waals surface area contributed by atoms with E-state index in [-0.39, 0.29) is 12.5 Å². The summed E-state index contributed by atoms with van der Waals surface area (Å²) in [5.74, 6) is 1.24. The molecule has 6 nitrogen and oxygen atoms in total. The molecule has 0 spiro atoms. The van der Waals surface area contributed by atoms with Crippen molar-refractivity contribution in [3.8, 4) is 11.5 Å². The van der Waals surface area contributed by atoms with E-state index in [9.17, 15) is 4.79 Å². The first-order valence-electron chi connectivity index (χ1n) is 7.39. The van der Waals surface area contributed by atoms with Gasteiger partial charge in [-0.3, -0.25) is 4.79 Å². The van der Waals surface area contributed by atoms with Gasteiger partial charge in [0, 0.05) is 11.8 Å². The van der Waals surface area contributed by atoms with E-state index in [2.05, 4.69) is 10.3 Å². The molecule has 0 radical (unpaired) electrons. The number of para-hydroxylation sites is 2. The van der Waals surface area contributed by atoms with Crippen LogP contribution in [0.25, 0.3) is 11.0 Å². The van der Waals surface area contributed by atoms with Gasteiger partial charge in [0.05, 0.1) is 17.4 Å². The fraction of sp³-hybridized carbons (Fsp3) is 0.176. The summed E-state index contributed by atoms with van der Waals surface area (Å²) in [4.78, 5) is 16.5. The molecule has 6 heteroatoms. The predicted octanol–water partition coefficient (Wildman–Crippen LogP) is 2.45. The Hall–Kier alpha value is -3.02. The van der Waals surface area contributed by atoms with Crippen molar-refractivity contribution in [3.63, 3.8) is 0 Å². The summed E-state index contributed by atoms with van der Waals surface area (Å²) in [5.41, 5.74) is 2.49. The van der Waals surface area contributed by atoms with Crippen molar-refractivity contribution in [1.29, 1.82) is 0 Å². The normalized spacial score (nSPS) is 13.0. The van der Waals surface area contributed by atoms with Gasteiger partial charge in [-0.05, 0) is 24.3 Å². The van der Waals surface area contributed by atoms with E-state index in [4.69, 9.17) is 9.47 Å². The van der Waals surface area contributed by atoms with Gasteiger partial charge in [-0.25, -0.2) is 4.98 Å². The molecular weight excluding hydrogens is 294 g/mol. The van der Waals surface area contributed by atoms with Gasteiger partial charge in [-0.2, -0.15) is 0 Å². The van der Waals surface area contributed by atoms with Crippen LogP contribution in [0.3, 0.4) is 0 Å². The fourth-order valence-electron chi connectivity index (χ4n) is 2.61. The van der Waals surface area contributed by atoms with E-state index in [0.29, 0.717) is 30.4 Å². The van der Waals surface area contributed by atoms with Crippen molar-refractivity contribution in [2.75, 3.05) is 18.5 Å². The molecule has 1 aromatic heterocycles. The van der Waals surface area contributed by atoms with Crippen LogP contribution < -0.4 is 14.8 Å². The zero-order chi connectivity index (χ0) is 15.6. The van der Waals surface area contributed by atoms with E-state index in [0.717, 1.165) is 11.0 Å². The minimum Gasteiger partial charge on any atom is -0.486 e. The number of imidazole rings is 1. The van der Waals surface area contributed by atoms with Gasteiger partial charge >= 0.3 is 0 Å². The lowest BCUT2D eigenvalue weighted by Gasteiger charge is -2.19. The van der Waals surface area contributed by atoms with Crippen molar-refractivity contribution in [2.24, 2.45) is 0 Å². The Labute approximate surface area is 132 Å². The Morgan fingerprint density at radius 3 is 2.87 bits per heavy atom. The Balaban J connectivity index is 1.50. The van der Waals surface area contributed by atoms with Crippen LogP contribution in [0.15, 0.2) is 48.8 Å². The molecule has 116 valence electrons. The number of ether oxygens (including phenoxy) is 2. The van der Waals surface area contributed by atoms with E-state index >= 15 is 0 Å². The minimum atomic E-state index is -0.121. The van der Waals surface area contributed by atoms with Gasteiger partial charge in [0.15, 0.2) is 11.5 Å². The summed E-state index contributed by atoms with van der Waals surface area (Å²) >= 11 is 0. The number of rotatable bonds is 3. The molecule has 1 amide bonds. The Morgan fingerprint density at radius 1 is 1.13 bits per heavy atom. The van der Waals surface area contributed by atoms with Gasteiger partial charge in [-0.15, -0.1) is 0 Å². The van der Waals surface area contributed by atoms with Gasteiger partial charge in [0.1, 0.15) is 19.8 Å². The van der Waals surface area contributed by atoms with Crippen molar-refractivity contribution >= 4 is 22.6 Å². The number of carbonyl (C=O) groups excluding carboxylic acids is 1. The SMILES string of the molecule is O=C(Cn1cnc2ccccc21)Nc1ccc2c(c1)OCCO2. The molecule has 0 saturated heterocycles. The highest BCUT2D eigenvalue weighted by molar-refractivity contribution is 5.92. The van der Waals surface area contributed by atoms with Crippen LogP contribution in [-0.4, -0.2) is 28.7 Å². The van der Waals surface area contributed by atoms with Gasteiger partial charge in [-0.1, -0.05) is 12.1 Å². The van der Waals surface area contributed by atoms with E-state index in [1.165, 1.54) is 0 Å². The molecule has 0 unspecified atom stereocenters. The monoisotopic (exact) mass is 309 g/mol. The zero-order valence-electron chi connectivity index (χ0n) is 12.4. The van der Waals surface area contributed by atoms with Crippen LogP contribution in [0.1, 0.15) is 0 Å². The molecule has 0 aliphatic carbocycles. The molecular formula is C17H15N3O3. The molecule has 1 N–H and O–H groups in total. The summed E-state index contributed by atoms with van der Waals surface area (Å²) in [6.07, 6.45) is 1.67. The molecule has 2 aromatic carbocycles. The standard InChI is InChI=1S/C17H15N3O3/c21-17(10-20-11-18-13-3-1-2-4-14(13)20)19-12-5-6-15-16(9-12)23-8-7-22-15/h1-6,9,11H,7-8,10H2,(H,19,21). The average molecular weight is 309 g/mol. The lowest BCUT2D eigenvalue weighted by Crippen LogP contribution is -2.19. The van der Waals surface area contributed by atoms with Gasteiger partial charge in [0.2, 0.25) is 5.91 Å². The van der Waals surface area contributed by atoms with E-state index in [1.807, 2.05) is 28.8 Å². The Kier molecular flexibility index (Phi) is 3.34. The topological polar surface area (TPSA) is 65.4 Å². The first-order valence-corrected chi connectivity index (χ1v) is 7.39. The smallest absolute Gasteiger partial charge is 0.244 e. The molecule has 1 aliphatic heterocycles. The predicted molar refractivity (Wildman–Crippen MR) is 85.8 cm³/mol. The Morgan fingerprint density at radius 2 is 1.96 bits per heavy atom. The average Bonchev–Trinajstić information content (AvgIpc) is 2.98. The fourth-order valence-corrected chi connectivity index (χ4v) is 2.61. The van der Waals surface area contributed by atoms with Crippen molar-refractivity contribution < 1.29 is 14.3 Å². The van der Waals surface area contributed by atoms with Crippen LogP contribution >= 0.6 is 0 Å². The minimum absolute atomic E-state index is 0.121.